The predicted molar refractivity (Wildman–Crippen MR) is 136 cm³/mol. The number of hydrogen-bond donors (Lipinski definition) is 3. The van der Waals surface area contributed by atoms with Gasteiger partial charge in [0.15, 0.2) is 0 Å². The Balaban J connectivity index is 1.74. The maximum absolute atomic E-state index is 13.9. The maximum Gasteiger partial charge on any atom is 0.255 e. The Bertz CT molecular complexity index is 1350. The lowest BCUT2D eigenvalue weighted by molar-refractivity contribution is -0.121. The molecule has 2 amide bonds. The number of aliphatic hydroxyl groups excluding tert-OH is 2. The van der Waals surface area contributed by atoms with Crippen molar-refractivity contribution in [3.8, 4) is 11.1 Å². The van der Waals surface area contributed by atoms with Gasteiger partial charge < -0.3 is 25.6 Å². The van der Waals surface area contributed by atoms with E-state index in [1.165, 1.54) is 4.90 Å². The number of fused-ring (bicyclic) bond motifs is 1. The third-order valence-electron chi connectivity index (χ3n) is 6.93. The largest absolute Gasteiger partial charge is 0.392 e. The molecule has 3 aromatic carbocycles. The van der Waals surface area contributed by atoms with Crippen LogP contribution in [0.5, 0.6) is 0 Å². The van der Waals surface area contributed by atoms with Crippen LogP contribution in [0.15, 0.2) is 60.7 Å². The molecule has 186 valence electrons. The number of amides is 2. The molecule has 2 heterocycles. The molecular formula is C27H24Cl2N2O5. The molecule has 36 heavy (non-hydrogen) atoms. The maximum atomic E-state index is 13.9. The standard InChI is InChI=1S/C27H24Cl2N2O5/c28-16-6-8-19(21(29)10-16)25-24(26(30)34)20-9-14(17-4-2-1-3-15(17)11-32)5-7-18(20)27(35)31(25)22-12-36-13-23(22)33/h1-10,22-25,32-33H,11-13H2,(H2,30,34). The van der Waals surface area contributed by atoms with Crippen LogP contribution < -0.4 is 5.73 Å². The lowest BCUT2D eigenvalue weighted by Gasteiger charge is -2.45. The molecule has 1 fully saturated rings. The summed E-state index contributed by atoms with van der Waals surface area (Å²) in [5.41, 5.74) is 9.47. The molecule has 0 radical (unpaired) electrons. The molecule has 4 N–H and O–H groups in total. The zero-order chi connectivity index (χ0) is 25.6. The van der Waals surface area contributed by atoms with E-state index >= 15 is 0 Å². The number of ether oxygens (including phenoxy) is 1. The van der Waals surface area contributed by atoms with Gasteiger partial charge in [0, 0.05) is 15.6 Å². The summed E-state index contributed by atoms with van der Waals surface area (Å²) >= 11 is 12.7. The first-order valence-electron chi connectivity index (χ1n) is 11.5. The molecule has 5 rings (SSSR count). The fourth-order valence-corrected chi connectivity index (χ4v) is 5.77. The van der Waals surface area contributed by atoms with Crippen molar-refractivity contribution in [2.24, 2.45) is 5.73 Å². The summed E-state index contributed by atoms with van der Waals surface area (Å²) in [6, 6.07) is 15.8. The molecule has 3 aromatic rings. The van der Waals surface area contributed by atoms with Gasteiger partial charge in [-0.1, -0.05) is 59.6 Å². The Morgan fingerprint density at radius 3 is 2.47 bits per heavy atom. The van der Waals surface area contributed by atoms with E-state index < -0.39 is 30.0 Å². The van der Waals surface area contributed by atoms with Gasteiger partial charge in [-0.05, 0) is 52.1 Å². The van der Waals surface area contributed by atoms with Gasteiger partial charge in [0.2, 0.25) is 5.91 Å². The molecule has 4 unspecified atom stereocenters. The molecule has 7 nitrogen and oxygen atoms in total. The summed E-state index contributed by atoms with van der Waals surface area (Å²) in [6.45, 7) is 0.0136. The number of nitrogens with two attached hydrogens (primary N) is 1. The van der Waals surface area contributed by atoms with Crippen molar-refractivity contribution in [1.29, 1.82) is 0 Å². The van der Waals surface area contributed by atoms with E-state index in [2.05, 4.69) is 0 Å². The number of nitrogens with zero attached hydrogens (tertiary/aromatic N) is 1. The molecule has 0 bridgehead atoms. The highest BCUT2D eigenvalue weighted by Gasteiger charge is 2.49. The van der Waals surface area contributed by atoms with Crippen LogP contribution in [0.4, 0.5) is 0 Å². The molecule has 0 aromatic heterocycles. The monoisotopic (exact) mass is 526 g/mol. The topological polar surface area (TPSA) is 113 Å². The summed E-state index contributed by atoms with van der Waals surface area (Å²) in [6.07, 6.45) is -0.937. The summed E-state index contributed by atoms with van der Waals surface area (Å²) in [5.74, 6) is -1.98. The highest BCUT2D eigenvalue weighted by atomic mass is 35.5. The highest BCUT2D eigenvalue weighted by molar-refractivity contribution is 6.35. The van der Waals surface area contributed by atoms with Crippen LogP contribution in [0, 0.1) is 0 Å². The van der Waals surface area contributed by atoms with Crippen molar-refractivity contribution in [3.05, 3.63) is 93.0 Å². The number of primary amides is 1. The molecule has 9 heteroatoms. The number of carbonyl (C=O) groups is 2. The van der Waals surface area contributed by atoms with Gasteiger partial charge in [-0.2, -0.15) is 0 Å². The number of rotatable bonds is 5. The molecule has 1 saturated heterocycles. The Morgan fingerprint density at radius 2 is 1.81 bits per heavy atom. The minimum Gasteiger partial charge on any atom is -0.392 e. The number of halogens is 2. The first-order valence-corrected chi connectivity index (χ1v) is 12.2. The summed E-state index contributed by atoms with van der Waals surface area (Å²) in [4.78, 5) is 28.5. The number of hydrogen-bond acceptors (Lipinski definition) is 5. The van der Waals surface area contributed by atoms with Crippen molar-refractivity contribution in [1.82, 2.24) is 4.90 Å². The Morgan fingerprint density at radius 1 is 1.03 bits per heavy atom. The zero-order valence-corrected chi connectivity index (χ0v) is 20.6. The van der Waals surface area contributed by atoms with E-state index in [0.29, 0.717) is 27.3 Å². The lowest BCUT2D eigenvalue weighted by Crippen LogP contribution is -2.54. The molecule has 0 aliphatic carbocycles. The van der Waals surface area contributed by atoms with Crippen LogP contribution in [0.1, 0.15) is 39.0 Å². The molecule has 0 spiro atoms. The normalized spacial score (nSPS) is 23.6. The van der Waals surface area contributed by atoms with Crippen LogP contribution in [-0.2, 0) is 16.1 Å². The van der Waals surface area contributed by atoms with E-state index in [0.717, 1.165) is 11.1 Å². The summed E-state index contributed by atoms with van der Waals surface area (Å²) < 4.78 is 5.45. The average Bonchev–Trinajstić information content (AvgIpc) is 3.28. The van der Waals surface area contributed by atoms with Crippen molar-refractivity contribution in [2.45, 2.75) is 30.7 Å². The van der Waals surface area contributed by atoms with Gasteiger partial charge in [-0.3, -0.25) is 9.59 Å². The van der Waals surface area contributed by atoms with Crippen LogP contribution in [-0.4, -0.2) is 52.3 Å². The quantitative estimate of drug-likeness (QED) is 0.469. The molecule has 2 aliphatic heterocycles. The van der Waals surface area contributed by atoms with Crippen molar-refractivity contribution in [3.63, 3.8) is 0 Å². The fraction of sp³-hybridized carbons (Fsp3) is 0.259. The second-order valence-corrected chi connectivity index (χ2v) is 9.84. The van der Waals surface area contributed by atoms with Gasteiger partial charge in [0.25, 0.3) is 5.91 Å². The lowest BCUT2D eigenvalue weighted by atomic mass is 9.77. The third kappa shape index (κ3) is 4.17. The molecule has 2 aliphatic rings. The van der Waals surface area contributed by atoms with E-state index in [4.69, 9.17) is 33.7 Å². The number of aliphatic hydroxyl groups is 2. The van der Waals surface area contributed by atoms with Crippen LogP contribution in [0.25, 0.3) is 11.1 Å². The highest BCUT2D eigenvalue weighted by Crippen LogP contribution is 2.47. The van der Waals surface area contributed by atoms with Crippen molar-refractivity contribution >= 4 is 35.0 Å². The fourth-order valence-electron chi connectivity index (χ4n) is 5.25. The molecule has 4 atom stereocenters. The van der Waals surface area contributed by atoms with Crippen LogP contribution in [0.3, 0.4) is 0 Å². The minimum absolute atomic E-state index is 0.0699. The second kappa shape index (κ2) is 9.84. The van der Waals surface area contributed by atoms with E-state index in [9.17, 15) is 19.8 Å². The van der Waals surface area contributed by atoms with Gasteiger partial charge in [-0.15, -0.1) is 0 Å². The number of benzene rings is 3. The van der Waals surface area contributed by atoms with E-state index in [1.807, 2.05) is 24.3 Å². The smallest absolute Gasteiger partial charge is 0.255 e. The number of carbonyl (C=O) groups excluding carboxylic acids is 2. The van der Waals surface area contributed by atoms with Gasteiger partial charge >= 0.3 is 0 Å². The van der Waals surface area contributed by atoms with E-state index in [-0.39, 0.29) is 30.8 Å². The first kappa shape index (κ1) is 24.7. The average molecular weight is 527 g/mol. The SMILES string of the molecule is NC(=O)C1c2cc(-c3ccccc3CO)ccc2C(=O)N(C2COCC2O)C1c1ccc(Cl)cc1Cl. The van der Waals surface area contributed by atoms with Gasteiger partial charge in [0.05, 0.1) is 43.9 Å². The summed E-state index contributed by atoms with van der Waals surface area (Å²) in [5, 5.41) is 21.2. The Kier molecular flexibility index (Phi) is 6.76. The van der Waals surface area contributed by atoms with Crippen molar-refractivity contribution < 1.29 is 24.5 Å². The van der Waals surface area contributed by atoms with Gasteiger partial charge in [0.1, 0.15) is 0 Å². The van der Waals surface area contributed by atoms with E-state index in [1.54, 1.807) is 36.4 Å². The Labute approximate surface area is 218 Å². The third-order valence-corrected chi connectivity index (χ3v) is 7.49. The Hall–Kier alpha value is -2.94. The first-order chi connectivity index (χ1) is 17.3. The minimum atomic E-state index is -0.967. The molecular weight excluding hydrogens is 503 g/mol. The van der Waals surface area contributed by atoms with Crippen molar-refractivity contribution in [2.75, 3.05) is 13.2 Å². The zero-order valence-electron chi connectivity index (χ0n) is 19.1. The second-order valence-electron chi connectivity index (χ2n) is 8.99. The van der Waals surface area contributed by atoms with Gasteiger partial charge in [-0.25, -0.2) is 0 Å². The van der Waals surface area contributed by atoms with Crippen LogP contribution in [0.2, 0.25) is 10.0 Å². The predicted octanol–water partition coefficient (Wildman–Crippen LogP) is 3.68. The summed E-state index contributed by atoms with van der Waals surface area (Å²) in [7, 11) is 0. The molecule has 0 saturated carbocycles. The van der Waals surface area contributed by atoms with Crippen LogP contribution >= 0.6 is 23.2 Å².